The summed E-state index contributed by atoms with van der Waals surface area (Å²) in [6, 6.07) is 13.1. The van der Waals surface area contributed by atoms with Crippen LogP contribution in [0, 0.1) is 6.92 Å². The van der Waals surface area contributed by atoms with Crippen LogP contribution in [0.2, 0.25) is 5.02 Å². The number of nitrogens with zero attached hydrogens (tertiary/aromatic N) is 2. The van der Waals surface area contributed by atoms with E-state index in [1.54, 1.807) is 24.3 Å². The Labute approximate surface area is 179 Å². The number of hydrogen-bond donors (Lipinski definition) is 1. The number of rotatable bonds is 8. The molecule has 0 bridgehead atoms. The maximum absolute atomic E-state index is 12.1. The van der Waals surface area contributed by atoms with Gasteiger partial charge in [0.1, 0.15) is 5.75 Å². The first-order chi connectivity index (χ1) is 13.9. The lowest BCUT2D eigenvalue weighted by atomic mass is 10.0. The normalized spacial score (nSPS) is 10.9. The Morgan fingerprint density at radius 1 is 1.24 bits per heavy atom. The number of halogens is 1. The summed E-state index contributed by atoms with van der Waals surface area (Å²) in [6.45, 7) is 6.43. The molecule has 2 aromatic carbocycles. The molecule has 6 nitrogen and oxygen atoms in total. The van der Waals surface area contributed by atoms with E-state index in [-0.39, 0.29) is 18.3 Å². The number of thioether (sulfide) groups is 1. The van der Waals surface area contributed by atoms with Crippen molar-refractivity contribution in [3.8, 4) is 5.75 Å². The summed E-state index contributed by atoms with van der Waals surface area (Å²) in [4.78, 5) is 12.1. The van der Waals surface area contributed by atoms with Gasteiger partial charge in [0.05, 0.1) is 5.75 Å². The van der Waals surface area contributed by atoms with E-state index in [2.05, 4.69) is 41.5 Å². The molecule has 1 aromatic heterocycles. The molecular formula is C21H22ClN3O3S. The molecular weight excluding hydrogens is 410 g/mol. The standard InChI is InChI=1S/C21H22ClN3O3S/c1-13(2)17-8-7-14(3)9-18(17)27-11-20-24-25-21(28-20)29-12-19(26)23-16-6-4-5-15(22)10-16/h4-10,13H,11-12H2,1-3H3,(H,23,26). The first-order valence-electron chi connectivity index (χ1n) is 9.14. The second kappa shape index (κ2) is 9.80. The molecule has 0 aliphatic heterocycles. The molecule has 0 radical (unpaired) electrons. The van der Waals surface area contributed by atoms with E-state index in [9.17, 15) is 4.79 Å². The van der Waals surface area contributed by atoms with Crippen LogP contribution >= 0.6 is 23.4 Å². The van der Waals surface area contributed by atoms with Gasteiger partial charge in [0.15, 0.2) is 6.61 Å². The highest BCUT2D eigenvalue weighted by Crippen LogP contribution is 2.28. The van der Waals surface area contributed by atoms with Crippen molar-refractivity contribution in [1.29, 1.82) is 0 Å². The van der Waals surface area contributed by atoms with Crippen LogP contribution in [0.25, 0.3) is 0 Å². The number of carbonyl (C=O) groups excluding carboxylic acids is 1. The zero-order valence-corrected chi connectivity index (χ0v) is 18.0. The molecule has 0 saturated heterocycles. The topological polar surface area (TPSA) is 77.2 Å². The molecule has 0 saturated carbocycles. The van der Waals surface area contributed by atoms with Crippen molar-refractivity contribution >= 4 is 35.0 Å². The van der Waals surface area contributed by atoms with Gasteiger partial charge in [-0.15, -0.1) is 10.2 Å². The summed E-state index contributed by atoms with van der Waals surface area (Å²) in [5.74, 6) is 1.48. The maximum Gasteiger partial charge on any atom is 0.277 e. The Morgan fingerprint density at radius 2 is 2.07 bits per heavy atom. The third-order valence-electron chi connectivity index (χ3n) is 4.03. The van der Waals surface area contributed by atoms with Gasteiger partial charge in [-0.25, -0.2) is 0 Å². The lowest BCUT2D eigenvalue weighted by Gasteiger charge is -2.13. The van der Waals surface area contributed by atoms with Crippen molar-refractivity contribution in [2.24, 2.45) is 0 Å². The number of aromatic nitrogens is 2. The van der Waals surface area contributed by atoms with Crippen molar-refractivity contribution < 1.29 is 13.9 Å². The molecule has 8 heteroatoms. The number of hydrogen-bond acceptors (Lipinski definition) is 6. The van der Waals surface area contributed by atoms with Crippen LogP contribution in [0.1, 0.15) is 36.8 Å². The minimum absolute atomic E-state index is 0.143. The zero-order valence-electron chi connectivity index (χ0n) is 16.4. The number of nitrogens with one attached hydrogen (secondary N) is 1. The molecule has 0 fully saturated rings. The van der Waals surface area contributed by atoms with Gasteiger partial charge < -0.3 is 14.5 Å². The third kappa shape index (κ3) is 6.24. The molecule has 0 spiro atoms. The van der Waals surface area contributed by atoms with Gasteiger partial charge in [0, 0.05) is 10.7 Å². The predicted molar refractivity (Wildman–Crippen MR) is 115 cm³/mol. The number of amides is 1. The molecule has 152 valence electrons. The molecule has 1 heterocycles. The van der Waals surface area contributed by atoms with Crippen LogP contribution in [-0.4, -0.2) is 21.9 Å². The molecule has 29 heavy (non-hydrogen) atoms. The van der Waals surface area contributed by atoms with Crippen LogP contribution in [0.5, 0.6) is 5.75 Å². The largest absolute Gasteiger partial charge is 0.484 e. The van der Waals surface area contributed by atoms with Gasteiger partial charge in [-0.3, -0.25) is 4.79 Å². The van der Waals surface area contributed by atoms with Gasteiger partial charge in [0.2, 0.25) is 5.91 Å². The van der Waals surface area contributed by atoms with Crippen LogP contribution < -0.4 is 10.1 Å². The SMILES string of the molecule is Cc1ccc(C(C)C)c(OCc2nnc(SCC(=O)Nc3cccc(Cl)c3)o2)c1. The number of aryl methyl sites for hydroxylation is 1. The Kier molecular flexibility index (Phi) is 7.17. The minimum atomic E-state index is -0.186. The molecule has 0 atom stereocenters. The highest BCUT2D eigenvalue weighted by molar-refractivity contribution is 7.99. The van der Waals surface area contributed by atoms with Crippen LogP contribution in [0.3, 0.4) is 0 Å². The van der Waals surface area contributed by atoms with E-state index in [1.807, 2.05) is 13.0 Å². The highest BCUT2D eigenvalue weighted by atomic mass is 35.5. The van der Waals surface area contributed by atoms with E-state index < -0.39 is 0 Å². The Hall–Kier alpha value is -2.51. The van der Waals surface area contributed by atoms with Gasteiger partial charge >= 0.3 is 0 Å². The third-order valence-corrected chi connectivity index (χ3v) is 5.08. The van der Waals surface area contributed by atoms with Gasteiger partial charge in [-0.05, 0) is 48.2 Å². The minimum Gasteiger partial charge on any atom is -0.484 e. The van der Waals surface area contributed by atoms with Crippen LogP contribution in [-0.2, 0) is 11.4 Å². The summed E-state index contributed by atoms with van der Waals surface area (Å²) in [5.41, 5.74) is 2.89. The number of anilines is 1. The highest BCUT2D eigenvalue weighted by Gasteiger charge is 2.13. The fourth-order valence-corrected chi connectivity index (χ4v) is 3.40. The smallest absolute Gasteiger partial charge is 0.277 e. The zero-order chi connectivity index (χ0) is 20.8. The molecule has 1 N–H and O–H groups in total. The summed E-state index contributed by atoms with van der Waals surface area (Å²) in [7, 11) is 0. The van der Waals surface area contributed by atoms with E-state index in [1.165, 1.54) is 0 Å². The lowest BCUT2D eigenvalue weighted by molar-refractivity contribution is -0.113. The molecule has 3 aromatic rings. The van der Waals surface area contributed by atoms with Crippen molar-refractivity contribution in [2.45, 2.75) is 38.5 Å². The van der Waals surface area contributed by atoms with Gasteiger partial charge in [-0.1, -0.05) is 55.4 Å². The Morgan fingerprint density at radius 3 is 2.83 bits per heavy atom. The Bertz CT molecular complexity index is 991. The van der Waals surface area contributed by atoms with E-state index >= 15 is 0 Å². The molecule has 0 unspecified atom stereocenters. The average molecular weight is 432 g/mol. The van der Waals surface area contributed by atoms with Crippen LogP contribution in [0.4, 0.5) is 5.69 Å². The number of ether oxygens (including phenoxy) is 1. The van der Waals surface area contributed by atoms with E-state index in [0.29, 0.717) is 27.7 Å². The summed E-state index contributed by atoms with van der Waals surface area (Å²) < 4.78 is 11.5. The number of carbonyl (C=O) groups is 1. The monoisotopic (exact) mass is 431 g/mol. The first-order valence-corrected chi connectivity index (χ1v) is 10.5. The van der Waals surface area contributed by atoms with Crippen molar-refractivity contribution in [2.75, 3.05) is 11.1 Å². The van der Waals surface area contributed by atoms with Crippen molar-refractivity contribution in [1.82, 2.24) is 10.2 Å². The van der Waals surface area contributed by atoms with Crippen LogP contribution in [0.15, 0.2) is 52.1 Å². The molecule has 1 amide bonds. The van der Waals surface area contributed by atoms with E-state index in [4.69, 9.17) is 20.8 Å². The second-order valence-electron chi connectivity index (χ2n) is 6.79. The predicted octanol–water partition coefficient (Wildman–Crippen LogP) is 5.46. The Balaban J connectivity index is 1.52. The molecule has 3 rings (SSSR count). The quantitative estimate of drug-likeness (QED) is 0.477. The lowest BCUT2D eigenvalue weighted by Crippen LogP contribution is -2.13. The van der Waals surface area contributed by atoms with E-state index in [0.717, 1.165) is 28.6 Å². The van der Waals surface area contributed by atoms with Gasteiger partial charge in [0.25, 0.3) is 11.1 Å². The molecule has 0 aliphatic carbocycles. The fraction of sp³-hybridized carbons (Fsp3) is 0.286. The molecule has 0 aliphatic rings. The van der Waals surface area contributed by atoms with Gasteiger partial charge in [-0.2, -0.15) is 0 Å². The number of benzene rings is 2. The van der Waals surface area contributed by atoms with Crippen molar-refractivity contribution in [3.05, 3.63) is 64.5 Å². The summed E-state index contributed by atoms with van der Waals surface area (Å²) in [6.07, 6.45) is 0. The van der Waals surface area contributed by atoms with Crippen molar-refractivity contribution in [3.63, 3.8) is 0 Å². The average Bonchev–Trinajstić information content (AvgIpc) is 3.12. The summed E-state index contributed by atoms with van der Waals surface area (Å²) >= 11 is 7.08. The maximum atomic E-state index is 12.1. The second-order valence-corrected chi connectivity index (χ2v) is 8.16. The summed E-state index contributed by atoms with van der Waals surface area (Å²) in [5, 5.41) is 11.6. The fourth-order valence-electron chi connectivity index (χ4n) is 2.63. The first kappa shape index (κ1) is 21.2.